The van der Waals surface area contributed by atoms with Crippen LogP contribution in [0.15, 0.2) is 41.4 Å². The summed E-state index contributed by atoms with van der Waals surface area (Å²) in [5, 5.41) is 4.51. The molecule has 1 heterocycles. The van der Waals surface area contributed by atoms with E-state index < -0.39 is 0 Å². The minimum atomic E-state index is 0.542. The van der Waals surface area contributed by atoms with Crippen LogP contribution in [0.4, 0.5) is 5.82 Å². The van der Waals surface area contributed by atoms with Crippen molar-refractivity contribution in [3.8, 4) is 5.69 Å². The van der Waals surface area contributed by atoms with E-state index in [2.05, 4.69) is 10.1 Å². The molecule has 0 aliphatic heterocycles. The Hall–Kier alpha value is -2.19. The zero-order chi connectivity index (χ0) is 11.7. The quantitative estimate of drug-likeness (QED) is 0.595. The molecule has 84 valence electrons. The second kappa shape index (κ2) is 4.00. The summed E-state index contributed by atoms with van der Waals surface area (Å²) in [6.07, 6.45) is 3.93. The van der Waals surface area contributed by atoms with Gasteiger partial charge in [-0.2, -0.15) is 5.10 Å². The Bertz CT molecular complexity index is 578. The van der Waals surface area contributed by atoms with Gasteiger partial charge in [0, 0.05) is 12.0 Å². The minimum absolute atomic E-state index is 0.542. The van der Waals surface area contributed by atoms with Crippen LogP contribution >= 0.6 is 0 Å². The van der Waals surface area contributed by atoms with Crippen LogP contribution in [-0.4, -0.2) is 15.9 Å². The summed E-state index contributed by atoms with van der Waals surface area (Å²) in [7, 11) is 0. The molecule has 0 spiro atoms. The van der Waals surface area contributed by atoms with Crippen LogP contribution in [0.2, 0.25) is 0 Å². The van der Waals surface area contributed by atoms with Gasteiger partial charge in [-0.25, -0.2) is 9.48 Å². The number of para-hydroxylation sites is 1. The van der Waals surface area contributed by atoms with Crippen molar-refractivity contribution in [1.82, 2.24) is 9.78 Å². The zero-order valence-corrected chi connectivity index (χ0v) is 9.21. The molecule has 0 N–H and O–H groups in total. The molecule has 1 aliphatic rings. The van der Waals surface area contributed by atoms with Crippen LogP contribution in [0.3, 0.4) is 0 Å². The Morgan fingerprint density at radius 1 is 1.29 bits per heavy atom. The highest BCUT2D eigenvalue weighted by molar-refractivity contribution is 5.50. The second-order valence-corrected chi connectivity index (χ2v) is 4.15. The monoisotopic (exact) mass is 225 g/mol. The fourth-order valence-corrected chi connectivity index (χ4v) is 1.85. The van der Waals surface area contributed by atoms with Gasteiger partial charge in [0.2, 0.25) is 6.08 Å². The largest absolute Gasteiger partial charge is 0.242 e. The van der Waals surface area contributed by atoms with Gasteiger partial charge >= 0.3 is 0 Å². The van der Waals surface area contributed by atoms with Gasteiger partial charge < -0.3 is 0 Å². The van der Waals surface area contributed by atoms with Crippen molar-refractivity contribution in [1.29, 1.82) is 0 Å². The highest BCUT2D eigenvalue weighted by Crippen LogP contribution is 2.40. The van der Waals surface area contributed by atoms with Crippen LogP contribution in [0.5, 0.6) is 0 Å². The topological polar surface area (TPSA) is 47.2 Å². The number of isocyanates is 1. The highest BCUT2D eigenvalue weighted by Gasteiger charge is 2.27. The third kappa shape index (κ3) is 1.90. The Balaban J connectivity index is 2.10. The van der Waals surface area contributed by atoms with Gasteiger partial charge in [-0.3, -0.25) is 0 Å². The number of hydrogen-bond acceptors (Lipinski definition) is 3. The van der Waals surface area contributed by atoms with Gasteiger partial charge in [0.25, 0.3) is 0 Å². The average Bonchev–Trinajstić information content (AvgIpc) is 3.13. The Morgan fingerprint density at radius 2 is 2.06 bits per heavy atom. The van der Waals surface area contributed by atoms with Crippen LogP contribution in [-0.2, 0) is 4.79 Å². The molecule has 1 saturated carbocycles. The van der Waals surface area contributed by atoms with Crippen LogP contribution in [0.25, 0.3) is 5.69 Å². The molecule has 0 radical (unpaired) electrons. The fourth-order valence-electron chi connectivity index (χ4n) is 1.85. The molecule has 0 saturated heterocycles. The van der Waals surface area contributed by atoms with E-state index in [9.17, 15) is 4.79 Å². The van der Waals surface area contributed by atoms with Gasteiger partial charge in [-0.15, -0.1) is 4.99 Å². The lowest BCUT2D eigenvalue weighted by molar-refractivity contribution is 0.565. The number of aromatic nitrogens is 2. The predicted molar refractivity (Wildman–Crippen MR) is 63.3 cm³/mol. The standard InChI is InChI=1S/C13H11N3O/c17-9-14-13-8-12(10-6-7-10)15-16(13)11-4-2-1-3-5-11/h1-5,8,10H,6-7H2. The van der Waals surface area contributed by atoms with E-state index in [1.807, 2.05) is 36.4 Å². The third-order valence-corrected chi connectivity index (χ3v) is 2.87. The van der Waals surface area contributed by atoms with E-state index in [-0.39, 0.29) is 0 Å². The molecule has 1 aliphatic carbocycles. The first-order valence-electron chi connectivity index (χ1n) is 5.62. The number of benzene rings is 1. The lowest BCUT2D eigenvalue weighted by atomic mass is 10.3. The van der Waals surface area contributed by atoms with Crippen molar-refractivity contribution in [2.75, 3.05) is 0 Å². The van der Waals surface area contributed by atoms with Crippen LogP contribution < -0.4 is 0 Å². The summed E-state index contributed by atoms with van der Waals surface area (Å²) in [6, 6.07) is 11.6. The molecule has 2 aromatic rings. The third-order valence-electron chi connectivity index (χ3n) is 2.87. The van der Waals surface area contributed by atoms with Gasteiger partial charge in [-0.1, -0.05) is 18.2 Å². The van der Waals surface area contributed by atoms with Crippen molar-refractivity contribution in [2.45, 2.75) is 18.8 Å². The molecule has 4 heteroatoms. The fraction of sp³-hybridized carbons (Fsp3) is 0.231. The molecule has 17 heavy (non-hydrogen) atoms. The molecular weight excluding hydrogens is 214 g/mol. The molecule has 1 fully saturated rings. The van der Waals surface area contributed by atoms with Gasteiger partial charge in [0.15, 0.2) is 5.82 Å². The van der Waals surface area contributed by atoms with E-state index in [1.165, 1.54) is 12.8 Å². The zero-order valence-electron chi connectivity index (χ0n) is 9.21. The van der Waals surface area contributed by atoms with Crippen molar-refractivity contribution < 1.29 is 4.79 Å². The van der Waals surface area contributed by atoms with E-state index in [1.54, 1.807) is 10.8 Å². The van der Waals surface area contributed by atoms with Crippen molar-refractivity contribution >= 4 is 11.9 Å². The van der Waals surface area contributed by atoms with E-state index in [0.29, 0.717) is 11.7 Å². The smallest absolute Gasteiger partial charge is 0.214 e. The molecule has 1 aromatic heterocycles. The van der Waals surface area contributed by atoms with Crippen molar-refractivity contribution in [2.24, 2.45) is 4.99 Å². The maximum absolute atomic E-state index is 10.4. The molecule has 1 aromatic carbocycles. The summed E-state index contributed by atoms with van der Waals surface area (Å²) in [5.74, 6) is 1.09. The van der Waals surface area contributed by atoms with E-state index in [4.69, 9.17) is 0 Å². The minimum Gasteiger partial charge on any atom is -0.214 e. The van der Waals surface area contributed by atoms with Gasteiger partial charge in [0.05, 0.1) is 11.4 Å². The van der Waals surface area contributed by atoms with Gasteiger partial charge in [0.1, 0.15) is 0 Å². The first-order valence-corrected chi connectivity index (χ1v) is 5.62. The van der Waals surface area contributed by atoms with Crippen LogP contribution in [0, 0.1) is 0 Å². The average molecular weight is 225 g/mol. The second-order valence-electron chi connectivity index (χ2n) is 4.15. The van der Waals surface area contributed by atoms with E-state index >= 15 is 0 Å². The summed E-state index contributed by atoms with van der Waals surface area (Å²) in [4.78, 5) is 14.1. The first kappa shape index (κ1) is 10.00. The molecular formula is C13H11N3O. The molecule has 0 bridgehead atoms. The number of nitrogens with zero attached hydrogens (tertiary/aromatic N) is 3. The summed E-state index contributed by atoms with van der Waals surface area (Å²) < 4.78 is 1.69. The Labute approximate surface area is 98.6 Å². The van der Waals surface area contributed by atoms with Crippen molar-refractivity contribution in [3.63, 3.8) is 0 Å². The Kier molecular flexibility index (Phi) is 2.35. The van der Waals surface area contributed by atoms with Crippen molar-refractivity contribution in [3.05, 3.63) is 42.1 Å². The molecule has 4 nitrogen and oxygen atoms in total. The number of aliphatic imine (C=N–C) groups is 1. The SMILES string of the molecule is O=C=Nc1cc(C2CC2)nn1-c1ccccc1. The highest BCUT2D eigenvalue weighted by atomic mass is 16.1. The number of hydrogen-bond donors (Lipinski definition) is 0. The normalized spacial score (nSPS) is 14.4. The van der Waals surface area contributed by atoms with Gasteiger partial charge in [-0.05, 0) is 25.0 Å². The first-order chi connectivity index (χ1) is 8.38. The number of carbonyl (C=O) groups excluding carboxylic acids is 1. The maximum Gasteiger partial charge on any atom is 0.242 e. The maximum atomic E-state index is 10.4. The summed E-state index contributed by atoms with van der Waals surface area (Å²) in [6.45, 7) is 0. The van der Waals surface area contributed by atoms with E-state index in [0.717, 1.165) is 11.4 Å². The summed E-state index contributed by atoms with van der Waals surface area (Å²) >= 11 is 0. The molecule has 0 amide bonds. The number of rotatable bonds is 3. The lowest BCUT2D eigenvalue weighted by Crippen LogP contribution is -1.96. The molecule has 0 atom stereocenters. The Morgan fingerprint density at radius 3 is 2.71 bits per heavy atom. The predicted octanol–water partition coefficient (Wildman–Crippen LogP) is 2.72. The lowest BCUT2D eigenvalue weighted by Gasteiger charge is -2.01. The summed E-state index contributed by atoms with van der Waals surface area (Å²) in [5.41, 5.74) is 1.93. The molecule has 3 rings (SSSR count). The van der Waals surface area contributed by atoms with Crippen LogP contribution in [0.1, 0.15) is 24.5 Å². The molecule has 0 unspecified atom stereocenters.